The van der Waals surface area contributed by atoms with Crippen molar-refractivity contribution >= 4 is 15.7 Å². The Morgan fingerprint density at radius 2 is 1.62 bits per heavy atom. The summed E-state index contributed by atoms with van der Waals surface area (Å²) in [4.78, 5) is 12.2. The number of hydrogen-bond donors (Lipinski definition) is 1. The van der Waals surface area contributed by atoms with Crippen LogP contribution >= 0.6 is 0 Å². The third-order valence-electron chi connectivity index (χ3n) is 3.76. The second-order valence-electron chi connectivity index (χ2n) is 5.79. The molecule has 0 aliphatic rings. The number of rotatable bonds is 9. The Bertz CT molecular complexity index is 812. The summed E-state index contributed by atoms with van der Waals surface area (Å²) in [7, 11) is -0.194. The summed E-state index contributed by atoms with van der Waals surface area (Å²) >= 11 is 0. The Hall–Kier alpha value is -2.54. The molecule has 2 aromatic rings. The molecule has 7 heteroatoms. The largest absolute Gasteiger partial charge is 0.497 e. The summed E-state index contributed by atoms with van der Waals surface area (Å²) in [5, 5.41) is 2.72. The molecule has 1 N–H and O–H groups in total. The van der Waals surface area contributed by atoms with Gasteiger partial charge in [-0.3, -0.25) is 4.79 Å². The molecule has 140 valence electrons. The van der Waals surface area contributed by atoms with Crippen LogP contribution < -0.4 is 14.8 Å². The fourth-order valence-electron chi connectivity index (χ4n) is 2.43. The molecule has 0 heterocycles. The van der Waals surface area contributed by atoms with Gasteiger partial charge >= 0.3 is 0 Å². The van der Waals surface area contributed by atoms with Crippen molar-refractivity contribution in [2.24, 2.45) is 0 Å². The van der Waals surface area contributed by atoms with Gasteiger partial charge in [-0.2, -0.15) is 0 Å². The molecule has 0 saturated heterocycles. The number of carbonyl (C=O) groups is 1. The second kappa shape index (κ2) is 9.24. The number of carbonyl (C=O) groups excluding carboxylic acids is 1. The highest BCUT2D eigenvalue weighted by Gasteiger charge is 2.13. The molecule has 0 radical (unpaired) electrons. The quantitative estimate of drug-likeness (QED) is 0.679. The lowest BCUT2D eigenvalue weighted by Gasteiger charge is -2.09. The molecular weight excluding hydrogens is 354 g/mol. The number of amides is 1. The van der Waals surface area contributed by atoms with Gasteiger partial charge in [0.1, 0.15) is 11.5 Å². The molecule has 0 aromatic heterocycles. The molecule has 2 aromatic carbocycles. The first-order chi connectivity index (χ1) is 12.4. The zero-order valence-electron chi connectivity index (χ0n) is 14.9. The van der Waals surface area contributed by atoms with Crippen molar-refractivity contribution < 1.29 is 22.7 Å². The lowest BCUT2D eigenvalue weighted by Crippen LogP contribution is -2.26. The molecule has 0 atom stereocenters. The van der Waals surface area contributed by atoms with Crippen molar-refractivity contribution in [1.82, 2.24) is 5.32 Å². The minimum absolute atomic E-state index is 0.00880. The van der Waals surface area contributed by atoms with E-state index < -0.39 is 9.84 Å². The topological polar surface area (TPSA) is 81.7 Å². The van der Waals surface area contributed by atoms with Crippen molar-refractivity contribution in [3.05, 3.63) is 59.7 Å². The van der Waals surface area contributed by atoms with E-state index in [0.29, 0.717) is 23.5 Å². The van der Waals surface area contributed by atoms with Crippen LogP contribution in [0.4, 0.5) is 0 Å². The van der Waals surface area contributed by atoms with Crippen LogP contribution in [-0.4, -0.2) is 40.8 Å². The number of ether oxygens (including phenoxy) is 2. The monoisotopic (exact) mass is 377 g/mol. The maximum atomic E-state index is 12.2. The lowest BCUT2D eigenvalue weighted by atomic mass is 10.2. The third kappa shape index (κ3) is 6.07. The first-order valence-electron chi connectivity index (χ1n) is 8.19. The summed E-state index contributed by atoms with van der Waals surface area (Å²) in [6.45, 7) is 0.270. The summed E-state index contributed by atoms with van der Waals surface area (Å²) in [5.74, 6) is 0.751. The average molecular weight is 377 g/mol. The van der Waals surface area contributed by atoms with Crippen LogP contribution in [0.15, 0.2) is 48.5 Å². The Labute approximate surface area is 154 Å². The summed E-state index contributed by atoms with van der Waals surface area (Å²) in [5.41, 5.74) is 1.16. The molecule has 1 amide bonds. The number of hydrogen-bond acceptors (Lipinski definition) is 5. The Morgan fingerprint density at radius 3 is 2.19 bits per heavy atom. The molecule has 0 fully saturated rings. The Balaban J connectivity index is 1.85. The summed E-state index contributed by atoms with van der Waals surface area (Å²) in [6.07, 6.45) is 0.349. The Kier molecular flexibility index (Phi) is 7.03. The fourth-order valence-corrected chi connectivity index (χ4v) is 3.86. The first-order valence-corrected chi connectivity index (χ1v) is 10.0. The van der Waals surface area contributed by atoms with Gasteiger partial charge in [-0.1, -0.05) is 30.3 Å². The van der Waals surface area contributed by atoms with Gasteiger partial charge in [0.15, 0.2) is 9.84 Å². The second-order valence-corrected chi connectivity index (χ2v) is 7.97. The minimum Gasteiger partial charge on any atom is -0.497 e. The van der Waals surface area contributed by atoms with Crippen LogP contribution in [0, 0.1) is 0 Å². The molecule has 0 bridgehead atoms. The van der Waals surface area contributed by atoms with E-state index in [1.54, 1.807) is 30.3 Å². The van der Waals surface area contributed by atoms with E-state index in [-0.39, 0.29) is 24.0 Å². The zero-order valence-corrected chi connectivity index (χ0v) is 15.7. The van der Waals surface area contributed by atoms with Crippen molar-refractivity contribution in [3.63, 3.8) is 0 Å². The van der Waals surface area contributed by atoms with Crippen LogP contribution in [0.1, 0.15) is 22.3 Å². The van der Waals surface area contributed by atoms with Crippen molar-refractivity contribution in [2.75, 3.05) is 26.5 Å². The summed E-state index contributed by atoms with van der Waals surface area (Å²) < 4.78 is 34.5. The van der Waals surface area contributed by atoms with Crippen LogP contribution in [-0.2, 0) is 15.6 Å². The van der Waals surface area contributed by atoms with E-state index in [4.69, 9.17) is 9.47 Å². The van der Waals surface area contributed by atoms with Crippen LogP contribution in [0.25, 0.3) is 0 Å². The van der Waals surface area contributed by atoms with Crippen LogP contribution in [0.2, 0.25) is 0 Å². The van der Waals surface area contributed by atoms with E-state index in [1.807, 2.05) is 18.2 Å². The highest BCUT2D eigenvalue weighted by Crippen LogP contribution is 2.22. The molecular formula is C19H23NO5S. The van der Waals surface area contributed by atoms with Gasteiger partial charge in [0.25, 0.3) is 5.91 Å². The first kappa shape index (κ1) is 19.8. The van der Waals surface area contributed by atoms with Gasteiger partial charge in [0.05, 0.1) is 25.7 Å². The van der Waals surface area contributed by atoms with Gasteiger partial charge in [-0.25, -0.2) is 8.42 Å². The molecule has 2 rings (SSSR count). The van der Waals surface area contributed by atoms with Crippen molar-refractivity contribution in [3.8, 4) is 11.5 Å². The van der Waals surface area contributed by atoms with E-state index in [2.05, 4.69) is 5.32 Å². The predicted molar refractivity (Wildman–Crippen MR) is 100 cm³/mol. The molecule has 26 heavy (non-hydrogen) atoms. The molecule has 0 unspecified atom stereocenters. The Morgan fingerprint density at radius 1 is 1.00 bits per heavy atom. The van der Waals surface area contributed by atoms with Crippen LogP contribution in [0.5, 0.6) is 11.5 Å². The molecule has 6 nitrogen and oxygen atoms in total. The van der Waals surface area contributed by atoms with E-state index in [0.717, 1.165) is 5.56 Å². The van der Waals surface area contributed by atoms with Gasteiger partial charge in [-0.05, 0) is 24.1 Å². The lowest BCUT2D eigenvalue weighted by molar-refractivity contribution is 0.0953. The van der Waals surface area contributed by atoms with Gasteiger partial charge < -0.3 is 14.8 Å². The highest BCUT2D eigenvalue weighted by molar-refractivity contribution is 7.90. The van der Waals surface area contributed by atoms with Gasteiger partial charge in [-0.15, -0.1) is 0 Å². The number of methoxy groups -OCH3 is 2. The average Bonchev–Trinajstić information content (AvgIpc) is 2.65. The van der Waals surface area contributed by atoms with E-state index in [1.165, 1.54) is 14.2 Å². The highest BCUT2D eigenvalue weighted by atomic mass is 32.2. The summed E-state index contributed by atoms with van der Waals surface area (Å²) in [6, 6.07) is 13.9. The maximum Gasteiger partial charge on any atom is 0.251 e. The van der Waals surface area contributed by atoms with Crippen molar-refractivity contribution in [1.29, 1.82) is 0 Å². The smallest absolute Gasteiger partial charge is 0.251 e. The zero-order chi connectivity index (χ0) is 19.0. The van der Waals surface area contributed by atoms with Gasteiger partial charge in [0, 0.05) is 18.2 Å². The van der Waals surface area contributed by atoms with Crippen molar-refractivity contribution in [2.45, 2.75) is 12.2 Å². The minimum atomic E-state index is -3.21. The maximum absolute atomic E-state index is 12.2. The van der Waals surface area contributed by atoms with Crippen LogP contribution in [0.3, 0.4) is 0 Å². The standard InChI is InChI=1S/C19H23NO5S/c1-24-17-11-16(12-18(13-17)25-2)19(21)20-9-6-10-26(22,23)14-15-7-4-3-5-8-15/h3-5,7-8,11-13H,6,9-10,14H2,1-2H3,(H,20,21). The molecule has 0 aliphatic carbocycles. The fraction of sp³-hybridized carbons (Fsp3) is 0.316. The number of benzene rings is 2. The normalized spacial score (nSPS) is 11.0. The predicted octanol–water partition coefficient (Wildman–Crippen LogP) is 2.44. The number of sulfone groups is 1. The molecule has 0 aliphatic heterocycles. The third-order valence-corrected chi connectivity index (χ3v) is 5.44. The van der Waals surface area contributed by atoms with E-state index >= 15 is 0 Å². The SMILES string of the molecule is COc1cc(OC)cc(C(=O)NCCCS(=O)(=O)Cc2ccccc2)c1. The van der Waals surface area contributed by atoms with E-state index in [9.17, 15) is 13.2 Å². The number of nitrogens with one attached hydrogen (secondary N) is 1. The van der Waals surface area contributed by atoms with Gasteiger partial charge in [0.2, 0.25) is 0 Å². The molecule has 0 saturated carbocycles. The molecule has 0 spiro atoms.